The summed E-state index contributed by atoms with van der Waals surface area (Å²) in [5.74, 6) is -1.34. The highest BCUT2D eigenvalue weighted by molar-refractivity contribution is 6.33. The molecular formula is C14H13ClN2O5. The van der Waals surface area contributed by atoms with E-state index in [0.717, 1.165) is 12.1 Å². The van der Waals surface area contributed by atoms with Gasteiger partial charge in [0, 0.05) is 18.2 Å². The first-order chi connectivity index (χ1) is 10.4. The van der Waals surface area contributed by atoms with Crippen LogP contribution in [0, 0.1) is 10.1 Å². The molecule has 8 heteroatoms. The number of non-ortho nitro benzene ring substituents is 1. The summed E-state index contributed by atoms with van der Waals surface area (Å²) in [6, 6.07) is 3.62. The summed E-state index contributed by atoms with van der Waals surface area (Å²) in [7, 11) is 0. The number of benzene rings is 1. The third-order valence-electron chi connectivity index (χ3n) is 2.32. The van der Waals surface area contributed by atoms with Gasteiger partial charge in [-0.25, -0.2) is 4.79 Å². The molecule has 0 aliphatic heterocycles. The summed E-state index contributed by atoms with van der Waals surface area (Å²) in [4.78, 5) is 32.9. The summed E-state index contributed by atoms with van der Waals surface area (Å²) in [6.45, 7) is 1.25. The number of nitro groups is 1. The Morgan fingerprint density at radius 2 is 2.14 bits per heavy atom. The summed E-state index contributed by atoms with van der Waals surface area (Å²) < 4.78 is 4.69. The van der Waals surface area contributed by atoms with Crippen molar-refractivity contribution in [1.29, 1.82) is 0 Å². The second-order valence-electron chi connectivity index (χ2n) is 3.96. The molecule has 1 amide bonds. The van der Waals surface area contributed by atoms with Crippen LogP contribution in [0.15, 0.2) is 42.5 Å². The van der Waals surface area contributed by atoms with Gasteiger partial charge in [-0.15, -0.1) is 0 Å². The van der Waals surface area contributed by atoms with E-state index >= 15 is 0 Å². The Labute approximate surface area is 131 Å². The van der Waals surface area contributed by atoms with Crippen molar-refractivity contribution in [2.24, 2.45) is 0 Å². The van der Waals surface area contributed by atoms with Crippen LogP contribution < -0.4 is 5.32 Å². The predicted octanol–water partition coefficient (Wildman–Crippen LogP) is 2.86. The molecule has 0 bridgehead atoms. The number of carbonyl (C=O) groups is 2. The topological polar surface area (TPSA) is 98.5 Å². The number of amides is 1. The molecule has 0 atom stereocenters. The lowest BCUT2D eigenvalue weighted by Crippen LogP contribution is -2.20. The Morgan fingerprint density at radius 3 is 2.77 bits per heavy atom. The summed E-state index contributed by atoms with van der Waals surface area (Å²) in [5, 5.41) is 13.1. The van der Waals surface area contributed by atoms with Gasteiger partial charge in [0.25, 0.3) is 11.6 Å². The molecule has 7 nitrogen and oxygen atoms in total. The minimum absolute atomic E-state index is 0.0707. The fourth-order valence-electron chi connectivity index (χ4n) is 1.34. The maximum Gasteiger partial charge on any atom is 0.331 e. The molecule has 0 aliphatic rings. The standard InChI is InChI=1S/C14H13ClN2O5/c1-2-3-4-5-14(19)22-9-13(18)16-12-8-10(17(20)21)6-7-11(12)15/h2-8H,9H2,1H3,(H,16,18)/b3-2+,5-4+. The molecule has 0 spiro atoms. The Hall–Kier alpha value is -2.67. The number of hydrogen-bond acceptors (Lipinski definition) is 5. The molecule has 0 fully saturated rings. The number of nitrogens with zero attached hydrogens (tertiary/aromatic N) is 1. The first-order valence-electron chi connectivity index (χ1n) is 6.14. The molecule has 0 aliphatic carbocycles. The molecule has 0 unspecified atom stereocenters. The van der Waals surface area contributed by atoms with Crippen LogP contribution in [0.5, 0.6) is 0 Å². The van der Waals surface area contributed by atoms with Gasteiger partial charge < -0.3 is 10.1 Å². The lowest BCUT2D eigenvalue weighted by Gasteiger charge is -2.07. The van der Waals surface area contributed by atoms with Crippen LogP contribution in [-0.4, -0.2) is 23.4 Å². The van der Waals surface area contributed by atoms with Crippen molar-refractivity contribution in [2.45, 2.75) is 6.92 Å². The number of allylic oxidation sites excluding steroid dienone is 3. The van der Waals surface area contributed by atoms with Crippen molar-refractivity contribution in [1.82, 2.24) is 0 Å². The van der Waals surface area contributed by atoms with Crippen LogP contribution in [0.4, 0.5) is 11.4 Å². The van der Waals surface area contributed by atoms with E-state index in [-0.39, 0.29) is 16.4 Å². The smallest absolute Gasteiger partial charge is 0.331 e. The highest BCUT2D eigenvalue weighted by Gasteiger charge is 2.12. The van der Waals surface area contributed by atoms with E-state index in [1.807, 2.05) is 0 Å². The van der Waals surface area contributed by atoms with Crippen molar-refractivity contribution >= 4 is 34.9 Å². The third-order valence-corrected chi connectivity index (χ3v) is 2.65. The largest absolute Gasteiger partial charge is 0.452 e. The van der Waals surface area contributed by atoms with Crippen LogP contribution in [0.2, 0.25) is 5.02 Å². The minimum Gasteiger partial charge on any atom is -0.452 e. The summed E-state index contributed by atoms with van der Waals surface area (Å²) in [5.41, 5.74) is -0.146. The number of nitro benzene ring substituents is 1. The monoisotopic (exact) mass is 324 g/mol. The van der Waals surface area contributed by atoms with Crippen molar-refractivity contribution in [3.05, 3.63) is 57.6 Å². The van der Waals surface area contributed by atoms with Crippen LogP contribution in [0.3, 0.4) is 0 Å². The van der Waals surface area contributed by atoms with E-state index < -0.39 is 23.4 Å². The quantitative estimate of drug-likeness (QED) is 0.285. The number of carbonyl (C=O) groups excluding carboxylic acids is 2. The molecule has 0 saturated carbocycles. The van der Waals surface area contributed by atoms with Gasteiger partial charge in [-0.1, -0.05) is 29.8 Å². The second kappa shape index (κ2) is 8.58. The maximum absolute atomic E-state index is 11.6. The van der Waals surface area contributed by atoms with Crippen molar-refractivity contribution in [3.63, 3.8) is 0 Å². The van der Waals surface area contributed by atoms with Crippen LogP contribution >= 0.6 is 11.6 Å². The number of halogens is 1. The van der Waals surface area contributed by atoms with E-state index in [2.05, 4.69) is 5.32 Å². The Bertz CT molecular complexity index is 640. The molecule has 0 radical (unpaired) electrons. The minimum atomic E-state index is -0.682. The molecular weight excluding hydrogens is 312 g/mol. The van der Waals surface area contributed by atoms with Gasteiger partial charge in [-0.05, 0) is 13.0 Å². The molecule has 1 rings (SSSR count). The number of anilines is 1. The molecule has 0 aromatic heterocycles. The summed E-state index contributed by atoms with van der Waals surface area (Å²) in [6.07, 6.45) is 5.98. The molecule has 1 aromatic rings. The maximum atomic E-state index is 11.6. The van der Waals surface area contributed by atoms with Crippen molar-refractivity contribution in [3.8, 4) is 0 Å². The van der Waals surface area contributed by atoms with Crippen molar-refractivity contribution < 1.29 is 19.2 Å². The predicted molar refractivity (Wildman–Crippen MR) is 81.6 cm³/mol. The SMILES string of the molecule is C/C=C/C=C/C(=O)OCC(=O)Nc1cc([N+](=O)[O-])ccc1Cl. The zero-order chi connectivity index (χ0) is 16.5. The number of esters is 1. The number of ether oxygens (including phenoxy) is 1. The van der Waals surface area contributed by atoms with E-state index in [1.165, 1.54) is 18.2 Å². The summed E-state index contributed by atoms with van der Waals surface area (Å²) >= 11 is 5.83. The van der Waals surface area contributed by atoms with E-state index in [1.54, 1.807) is 19.1 Å². The Kier molecular flexibility index (Phi) is 6.78. The number of rotatable bonds is 6. The zero-order valence-electron chi connectivity index (χ0n) is 11.6. The fraction of sp³-hybridized carbons (Fsp3) is 0.143. The highest BCUT2D eigenvalue weighted by Crippen LogP contribution is 2.26. The van der Waals surface area contributed by atoms with E-state index in [0.29, 0.717) is 0 Å². The lowest BCUT2D eigenvalue weighted by atomic mass is 10.3. The van der Waals surface area contributed by atoms with Gasteiger partial charge in [0.05, 0.1) is 15.6 Å². The van der Waals surface area contributed by atoms with Crippen LogP contribution in [-0.2, 0) is 14.3 Å². The van der Waals surface area contributed by atoms with E-state index in [4.69, 9.17) is 16.3 Å². The van der Waals surface area contributed by atoms with Gasteiger partial charge in [0.2, 0.25) is 0 Å². The first-order valence-corrected chi connectivity index (χ1v) is 6.51. The normalized spacial score (nSPS) is 10.8. The van der Waals surface area contributed by atoms with Gasteiger partial charge in [0.1, 0.15) is 0 Å². The Morgan fingerprint density at radius 1 is 1.41 bits per heavy atom. The molecule has 1 aromatic carbocycles. The average Bonchev–Trinajstić information content (AvgIpc) is 2.47. The van der Waals surface area contributed by atoms with Gasteiger partial charge >= 0.3 is 5.97 Å². The number of hydrogen-bond donors (Lipinski definition) is 1. The lowest BCUT2D eigenvalue weighted by molar-refractivity contribution is -0.384. The van der Waals surface area contributed by atoms with Crippen LogP contribution in [0.1, 0.15) is 6.92 Å². The molecule has 0 saturated heterocycles. The first kappa shape index (κ1) is 17.4. The van der Waals surface area contributed by atoms with Gasteiger partial charge in [-0.3, -0.25) is 14.9 Å². The highest BCUT2D eigenvalue weighted by atomic mass is 35.5. The van der Waals surface area contributed by atoms with E-state index in [9.17, 15) is 19.7 Å². The van der Waals surface area contributed by atoms with Crippen molar-refractivity contribution in [2.75, 3.05) is 11.9 Å². The van der Waals surface area contributed by atoms with Gasteiger partial charge in [-0.2, -0.15) is 0 Å². The zero-order valence-corrected chi connectivity index (χ0v) is 12.4. The Balaban J connectivity index is 2.60. The number of nitrogens with one attached hydrogen (secondary N) is 1. The van der Waals surface area contributed by atoms with Crippen LogP contribution in [0.25, 0.3) is 0 Å². The third kappa shape index (κ3) is 5.76. The fourth-order valence-corrected chi connectivity index (χ4v) is 1.50. The molecule has 22 heavy (non-hydrogen) atoms. The molecule has 1 N–H and O–H groups in total. The molecule has 0 heterocycles. The second-order valence-corrected chi connectivity index (χ2v) is 4.37. The van der Waals surface area contributed by atoms with Gasteiger partial charge in [0.15, 0.2) is 6.61 Å². The average molecular weight is 325 g/mol. The molecule has 116 valence electrons.